The summed E-state index contributed by atoms with van der Waals surface area (Å²) in [6.45, 7) is 9.76. The maximum atomic E-state index is 13.2. The number of rotatable bonds is 89. The van der Waals surface area contributed by atoms with E-state index in [4.69, 9.17) is 37.0 Å². The first kappa shape index (κ1) is 107. The molecule has 19 heteroatoms. The summed E-state index contributed by atoms with van der Waals surface area (Å²) < 4.78 is 68.9. The fraction of sp³-hybridized carbons (Fsp3) is 0.956. The fourth-order valence-corrected chi connectivity index (χ4v) is 15.7. The first-order chi connectivity index (χ1) is 52.9. The molecule has 0 bridgehead atoms. The molecule has 3 N–H and O–H groups in total. The van der Waals surface area contributed by atoms with E-state index in [-0.39, 0.29) is 25.7 Å². The van der Waals surface area contributed by atoms with Crippen molar-refractivity contribution in [2.24, 2.45) is 11.8 Å². The molecular formula is C90H176O17P2. The molecule has 0 aliphatic carbocycles. The first-order valence-corrected chi connectivity index (χ1v) is 49.5. The van der Waals surface area contributed by atoms with E-state index in [2.05, 4.69) is 41.5 Å². The Labute approximate surface area is 670 Å². The Morgan fingerprint density at radius 3 is 0.697 bits per heavy atom. The molecule has 109 heavy (non-hydrogen) atoms. The van der Waals surface area contributed by atoms with Crippen molar-refractivity contribution < 1.29 is 80.2 Å². The van der Waals surface area contributed by atoms with Gasteiger partial charge in [-0.2, -0.15) is 0 Å². The highest BCUT2D eigenvalue weighted by Crippen LogP contribution is 2.45. The molecule has 0 radical (unpaired) electrons. The Kier molecular flexibility index (Phi) is 79.8. The number of hydrogen-bond donors (Lipinski definition) is 3. The van der Waals surface area contributed by atoms with Crippen LogP contribution in [-0.4, -0.2) is 96.7 Å². The lowest BCUT2D eigenvalue weighted by Crippen LogP contribution is -2.30. The molecule has 0 aliphatic rings. The van der Waals surface area contributed by atoms with Gasteiger partial charge in [0.05, 0.1) is 26.4 Å². The van der Waals surface area contributed by atoms with Gasteiger partial charge in [-0.25, -0.2) is 9.13 Å². The van der Waals surface area contributed by atoms with Crippen molar-refractivity contribution in [3.8, 4) is 0 Å². The van der Waals surface area contributed by atoms with Gasteiger partial charge in [0.15, 0.2) is 12.2 Å². The van der Waals surface area contributed by atoms with Crippen LogP contribution in [0.15, 0.2) is 0 Å². The smallest absolute Gasteiger partial charge is 0.462 e. The predicted octanol–water partition coefficient (Wildman–Crippen LogP) is 27.8. The van der Waals surface area contributed by atoms with Crippen LogP contribution in [0, 0.1) is 11.8 Å². The molecule has 0 spiro atoms. The predicted molar refractivity (Wildman–Crippen MR) is 451 cm³/mol. The Morgan fingerprint density at radius 1 is 0.266 bits per heavy atom. The molecule has 0 saturated carbocycles. The molecule has 0 fully saturated rings. The third-order valence-electron chi connectivity index (χ3n) is 21.6. The summed E-state index contributed by atoms with van der Waals surface area (Å²) in [5, 5.41) is 10.7. The van der Waals surface area contributed by atoms with Crippen LogP contribution in [-0.2, 0) is 65.4 Å². The minimum atomic E-state index is -4.97. The van der Waals surface area contributed by atoms with Crippen LogP contribution < -0.4 is 0 Å². The molecule has 0 saturated heterocycles. The summed E-state index contributed by atoms with van der Waals surface area (Å²) in [4.78, 5) is 73.2. The standard InChI is InChI=1S/C90H176O17P2/c1-7-10-12-14-16-17-18-19-20-21-22-30-35-40-45-50-56-62-68-74-89(94)106-85(78-100-87(92)72-66-60-52-15-13-11-8-2)80-104-108(96,97)102-76-84(91)77-103-109(98,99)105-81-86(79-101-88(93)73-67-61-55-49-44-39-34-29-25-23-27-32-37-42-47-53-58-64-70-82(4)5)107-90(95)75-69-63-57-51-46-41-36-31-26-24-28-33-38-43-48-54-59-65-71-83(6)9-3/h82-86,91H,7-81H2,1-6H3,(H,96,97)(H,98,99)/t83?,84-,85+,86+/m0/s1. The van der Waals surface area contributed by atoms with Crippen LogP contribution in [0.2, 0.25) is 0 Å². The number of aliphatic hydroxyl groups is 1. The monoisotopic (exact) mass is 1590 g/mol. The van der Waals surface area contributed by atoms with Crippen LogP contribution in [0.25, 0.3) is 0 Å². The SMILES string of the molecule is CCCCCCCCCCCCCCCCCCCCCC(=O)O[C@H](COC(=O)CCCCCCCCC)COP(=O)(O)OC[C@H](O)COP(=O)(O)OC[C@@H](COC(=O)CCCCCCCCCCCCCCCCCCCCC(C)C)OC(=O)CCCCCCCCCCCCCCCCCCCCC(C)CC. The summed E-state index contributed by atoms with van der Waals surface area (Å²) in [7, 11) is -9.93. The molecule has 0 rings (SSSR count). The summed E-state index contributed by atoms with van der Waals surface area (Å²) in [6.07, 6.45) is 75.3. The highest BCUT2D eigenvalue weighted by atomic mass is 31.2. The number of carbonyl (C=O) groups excluding carboxylic acids is 4. The van der Waals surface area contributed by atoms with E-state index in [0.29, 0.717) is 25.7 Å². The summed E-state index contributed by atoms with van der Waals surface area (Å²) in [6, 6.07) is 0. The van der Waals surface area contributed by atoms with E-state index in [1.165, 1.54) is 289 Å². The lowest BCUT2D eigenvalue weighted by Gasteiger charge is -2.21. The second-order valence-corrected chi connectivity index (χ2v) is 36.0. The van der Waals surface area contributed by atoms with Gasteiger partial charge < -0.3 is 33.8 Å². The number of unbranched alkanes of at least 4 members (excludes halogenated alkanes) is 58. The van der Waals surface area contributed by atoms with Gasteiger partial charge in [-0.05, 0) is 37.5 Å². The fourth-order valence-electron chi connectivity index (χ4n) is 14.1. The van der Waals surface area contributed by atoms with E-state index in [0.717, 1.165) is 115 Å². The molecule has 0 amide bonds. The van der Waals surface area contributed by atoms with E-state index in [9.17, 15) is 43.2 Å². The number of phosphoric ester groups is 2. The van der Waals surface area contributed by atoms with Crippen molar-refractivity contribution in [3.05, 3.63) is 0 Å². The average molecular weight is 1590 g/mol. The maximum Gasteiger partial charge on any atom is 0.472 e. The van der Waals surface area contributed by atoms with Gasteiger partial charge >= 0.3 is 39.5 Å². The number of aliphatic hydroxyl groups excluding tert-OH is 1. The van der Waals surface area contributed by atoms with Gasteiger partial charge in [-0.15, -0.1) is 0 Å². The number of carbonyl (C=O) groups is 4. The zero-order valence-corrected chi connectivity index (χ0v) is 73.7. The molecule has 17 nitrogen and oxygen atoms in total. The number of ether oxygens (including phenoxy) is 4. The lowest BCUT2D eigenvalue weighted by molar-refractivity contribution is -0.161. The van der Waals surface area contributed by atoms with Crippen LogP contribution in [0.4, 0.5) is 0 Å². The van der Waals surface area contributed by atoms with E-state index in [1.807, 2.05) is 0 Å². The van der Waals surface area contributed by atoms with Gasteiger partial charge in [0.1, 0.15) is 19.3 Å². The van der Waals surface area contributed by atoms with Crippen molar-refractivity contribution >= 4 is 39.5 Å². The van der Waals surface area contributed by atoms with Crippen molar-refractivity contribution in [2.45, 2.75) is 503 Å². The van der Waals surface area contributed by atoms with Crippen molar-refractivity contribution in [1.82, 2.24) is 0 Å². The summed E-state index contributed by atoms with van der Waals surface area (Å²) in [5.74, 6) is -0.408. The topological polar surface area (TPSA) is 237 Å². The molecule has 6 atom stereocenters. The molecule has 0 heterocycles. The van der Waals surface area contributed by atoms with E-state index in [1.54, 1.807) is 0 Å². The van der Waals surface area contributed by atoms with Gasteiger partial charge in [0.2, 0.25) is 0 Å². The molecule has 0 aromatic carbocycles. The van der Waals surface area contributed by atoms with Gasteiger partial charge in [-0.1, -0.05) is 433 Å². The van der Waals surface area contributed by atoms with E-state index >= 15 is 0 Å². The largest absolute Gasteiger partial charge is 0.472 e. The van der Waals surface area contributed by atoms with Gasteiger partial charge in [0, 0.05) is 25.7 Å². The normalized spacial score (nSPS) is 14.0. The molecule has 0 aromatic heterocycles. The van der Waals surface area contributed by atoms with Crippen LogP contribution >= 0.6 is 15.6 Å². The van der Waals surface area contributed by atoms with Crippen molar-refractivity contribution in [1.29, 1.82) is 0 Å². The third kappa shape index (κ3) is 82.4. The van der Waals surface area contributed by atoms with Crippen molar-refractivity contribution in [3.63, 3.8) is 0 Å². The third-order valence-corrected chi connectivity index (χ3v) is 23.5. The highest BCUT2D eigenvalue weighted by molar-refractivity contribution is 7.47. The Hall–Kier alpha value is -1.94. The molecule has 3 unspecified atom stereocenters. The Balaban J connectivity index is 5.15. The minimum absolute atomic E-state index is 0.109. The molecular weight excluding hydrogens is 1410 g/mol. The highest BCUT2D eigenvalue weighted by Gasteiger charge is 2.31. The molecule has 648 valence electrons. The maximum absolute atomic E-state index is 13.2. The zero-order valence-electron chi connectivity index (χ0n) is 71.9. The first-order valence-electron chi connectivity index (χ1n) is 46.5. The second kappa shape index (κ2) is 81.2. The number of phosphoric acid groups is 2. The van der Waals surface area contributed by atoms with Crippen LogP contribution in [0.1, 0.15) is 485 Å². The number of esters is 4. The Morgan fingerprint density at radius 2 is 0.468 bits per heavy atom. The number of hydrogen-bond acceptors (Lipinski definition) is 15. The Bertz CT molecular complexity index is 2080. The van der Waals surface area contributed by atoms with Gasteiger partial charge in [0.25, 0.3) is 0 Å². The van der Waals surface area contributed by atoms with Crippen LogP contribution in [0.3, 0.4) is 0 Å². The van der Waals surface area contributed by atoms with Gasteiger partial charge in [-0.3, -0.25) is 37.3 Å². The minimum Gasteiger partial charge on any atom is -0.462 e. The van der Waals surface area contributed by atoms with Crippen molar-refractivity contribution in [2.75, 3.05) is 39.6 Å². The quantitative estimate of drug-likeness (QED) is 0.0222. The summed E-state index contributed by atoms with van der Waals surface area (Å²) >= 11 is 0. The average Bonchev–Trinajstić information content (AvgIpc) is 0.898. The zero-order chi connectivity index (χ0) is 79.9. The molecule has 0 aliphatic heterocycles. The van der Waals surface area contributed by atoms with Crippen LogP contribution in [0.5, 0.6) is 0 Å². The van der Waals surface area contributed by atoms with E-state index < -0.39 is 97.5 Å². The lowest BCUT2D eigenvalue weighted by atomic mass is 9.99. The summed E-state index contributed by atoms with van der Waals surface area (Å²) in [5.41, 5.74) is 0. The molecule has 0 aromatic rings. The second-order valence-electron chi connectivity index (χ2n) is 33.1.